The second-order valence-electron chi connectivity index (χ2n) is 7.46. The molecule has 5 heteroatoms. The second-order valence-corrected chi connectivity index (χ2v) is 7.46. The van der Waals surface area contributed by atoms with E-state index in [9.17, 15) is 15.1 Å². The van der Waals surface area contributed by atoms with Crippen molar-refractivity contribution >= 4 is 11.7 Å². The van der Waals surface area contributed by atoms with Gasteiger partial charge in [0.25, 0.3) is 0 Å². The van der Waals surface area contributed by atoms with Crippen LogP contribution in [0.25, 0.3) is 11.1 Å². The molecule has 0 bridgehead atoms. The van der Waals surface area contributed by atoms with Crippen molar-refractivity contribution in [2.45, 2.75) is 12.3 Å². The van der Waals surface area contributed by atoms with Gasteiger partial charge in [-0.1, -0.05) is 71.9 Å². The highest BCUT2D eigenvalue weighted by Crippen LogP contribution is 2.31. The van der Waals surface area contributed by atoms with Gasteiger partial charge < -0.3 is 10.3 Å². The average molecular weight is 422 g/mol. The minimum atomic E-state index is -0.945. The summed E-state index contributed by atoms with van der Waals surface area (Å²) in [6.45, 7) is 0. The minimum absolute atomic E-state index is 0.0188. The first kappa shape index (κ1) is 21.0. The van der Waals surface area contributed by atoms with E-state index < -0.39 is 5.97 Å². The third kappa shape index (κ3) is 4.73. The summed E-state index contributed by atoms with van der Waals surface area (Å²) in [6, 6.07) is 28.7. The summed E-state index contributed by atoms with van der Waals surface area (Å²) in [5.41, 5.74) is 5.64. The molecule has 4 rings (SSSR count). The van der Waals surface area contributed by atoms with Gasteiger partial charge in [0.2, 0.25) is 0 Å². The molecular formula is C27H22N2O3. The van der Waals surface area contributed by atoms with Crippen LogP contribution in [0.3, 0.4) is 0 Å². The van der Waals surface area contributed by atoms with E-state index in [2.05, 4.69) is 22.3 Å². The molecule has 0 spiro atoms. The lowest BCUT2D eigenvalue weighted by Crippen LogP contribution is -2.10. The Hall–Kier alpha value is -4.25. The molecule has 0 amide bonds. The Bertz CT molecular complexity index is 1220. The largest absolute Gasteiger partial charge is 0.478 e. The molecule has 32 heavy (non-hydrogen) atoms. The molecule has 2 N–H and O–H groups in total. The maximum atomic E-state index is 11.3. The lowest BCUT2D eigenvalue weighted by Gasteiger charge is -2.19. The van der Waals surface area contributed by atoms with E-state index in [1.165, 1.54) is 0 Å². The van der Waals surface area contributed by atoms with E-state index >= 15 is 0 Å². The number of oxime groups is 1. The number of aromatic carboxylic acids is 1. The van der Waals surface area contributed by atoms with Crippen LogP contribution in [0.2, 0.25) is 0 Å². The summed E-state index contributed by atoms with van der Waals surface area (Å²) in [6.07, 6.45) is 3.87. The monoisotopic (exact) mass is 422 g/mol. The molecule has 158 valence electrons. The smallest absolute Gasteiger partial charge is 0.335 e. The zero-order valence-electron chi connectivity index (χ0n) is 17.3. The van der Waals surface area contributed by atoms with Gasteiger partial charge in [-0.25, -0.2) is 4.79 Å². The summed E-state index contributed by atoms with van der Waals surface area (Å²) < 4.78 is 0. The molecule has 1 unspecified atom stereocenters. The predicted molar refractivity (Wildman–Crippen MR) is 124 cm³/mol. The number of carboxylic acids is 1. The zero-order valence-corrected chi connectivity index (χ0v) is 17.3. The standard InChI is InChI=1S/C27H22N2O3/c30-27(31)24-8-4-7-23(17-24)19-9-11-21(12-10-19)25(20-5-2-1-3-6-20)18-26(29-32)22-13-15-28-16-14-22/h1-17,25,32H,18H2,(H,30,31)/b29-26+. The Labute approximate surface area is 186 Å². The fourth-order valence-corrected chi connectivity index (χ4v) is 3.81. The van der Waals surface area contributed by atoms with Crippen LogP contribution in [0.4, 0.5) is 0 Å². The van der Waals surface area contributed by atoms with Gasteiger partial charge in [0.05, 0.1) is 11.3 Å². The predicted octanol–water partition coefficient (Wildman–Crippen LogP) is 5.85. The van der Waals surface area contributed by atoms with Gasteiger partial charge in [-0.05, 0) is 46.5 Å². The van der Waals surface area contributed by atoms with Crippen LogP contribution in [0, 0.1) is 0 Å². The maximum absolute atomic E-state index is 11.3. The van der Waals surface area contributed by atoms with Crippen molar-refractivity contribution in [3.63, 3.8) is 0 Å². The Kier molecular flexibility index (Phi) is 6.37. The molecule has 0 aliphatic carbocycles. The number of aromatic nitrogens is 1. The molecule has 4 aromatic rings. The lowest BCUT2D eigenvalue weighted by atomic mass is 9.85. The number of carboxylic acid groups (broad SMARTS) is 1. The van der Waals surface area contributed by atoms with E-state index in [1.54, 1.807) is 30.6 Å². The third-order valence-electron chi connectivity index (χ3n) is 5.49. The molecule has 0 saturated heterocycles. The highest BCUT2D eigenvalue weighted by Gasteiger charge is 2.19. The van der Waals surface area contributed by atoms with Gasteiger partial charge in [0.1, 0.15) is 0 Å². The summed E-state index contributed by atoms with van der Waals surface area (Å²) in [5, 5.41) is 22.5. The molecule has 5 nitrogen and oxygen atoms in total. The fourth-order valence-electron chi connectivity index (χ4n) is 3.81. The van der Waals surface area contributed by atoms with Crippen LogP contribution in [0.1, 0.15) is 39.4 Å². The average Bonchev–Trinajstić information content (AvgIpc) is 2.86. The Morgan fingerprint density at radius 1 is 0.781 bits per heavy atom. The summed E-state index contributed by atoms with van der Waals surface area (Å²) >= 11 is 0. The number of nitrogens with zero attached hydrogens (tertiary/aromatic N) is 2. The van der Waals surface area contributed by atoms with Crippen molar-refractivity contribution in [3.05, 3.63) is 126 Å². The summed E-state index contributed by atoms with van der Waals surface area (Å²) in [7, 11) is 0. The van der Waals surface area contributed by atoms with Gasteiger partial charge in [-0.15, -0.1) is 0 Å². The quantitative estimate of drug-likeness (QED) is 0.222. The highest BCUT2D eigenvalue weighted by atomic mass is 16.4. The number of rotatable bonds is 7. The number of hydrogen-bond acceptors (Lipinski definition) is 4. The summed E-state index contributed by atoms with van der Waals surface area (Å²) in [5.74, 6) is -0.964. The van der Waals surface area contributed by atoms with E-state index in [0.717, 1.165) is 27.8 Å². The Morgan fingerprint density at radius 3 is 2.12 bits per heavy atom. The molecular weight excluding hydrogens is 400 g/mol. The van der Waals surface area contributed by atoms with Crippen molar-refractivity contribution in [2.75, 3.05) is 0 Å². The third-order valence-corrected chi connectivity index (χ3v) is 5.49. The second kappa shape index (κ2) is 9.71. The van der Waals surface area contributed by atoms with Crippen LogP contribution in [-0.2, 0) is 0 Å². The van der Waals surface area contributed by atoms with E-state index in [0.29, 0.717) is 12.1 Å². The van der Waals surface area contributed by atoms with Crippen molar-refractivity contribution in [3.8, 4) is 11.1 Å². The van der Waals surface area contributed by atoms with Gasteiger partial charge in [0, 0.05) is 30.3 Å². The maximum Gasteiger partial charge on any atom is 0.335 e. The van der Waals surface area contributed by atoms with E-state index in [4.69, 9.17) is 0 Å². The van der Waals surface area contributed by atoms with Gasteiger partial charge in [-0.2, -0.15) is 0 Å². The van der Waals surface area contributed by atoms with Crippen LogP contribution < -0.4 is 0 Å². The molecule has 1 atom stereocenters. The first-order chi connectivity index (χ1) is 15.7. The molecule has 0 saturated carbocycles. The van der Waals surface area contributed by atoms with Crippen LogP contribution in [-0.4, -0.2) is 27.0 Å². The number of pyridine rings is 1. The van der Waals surface area contributed by atoms with Gasteiger partial charge in [0.15, 0.2) is 0 Å². The van der Waals surface area contributed by atoms with Crippen molar-refractivity contribution in [1.82, 2.24) is 4.98 Å². The molecule has 1 aromatic heterocycles. The lowest BCUT2D eigenvalue weighted by molar-refractivity contribution is 0.0697. The first-order valence-corrected chi connectivity index (χ1v) is 10.3. The first-order valence-electron chi connectivity index (χ1n) is 10.3. The van der Waals surface area contributed by atoms with Crippen molar-refractivity contribution in [2.24, 2.45) is 5.16 Å². The highest BCUT2D eigenvalue weighted by molar-refractivity contribution is 6.00. The summed E-state index contributed by atoms with van der Waals surface area (Å²) in [4.78, 5) is 15.3. The van der Waals surface area contributed by atoms with Crippen molar-refractivity contribution < 1.29 is 15.1 Å². The zero-order chi connectivity index (χ0) is 22.3. The van der Waals surface area contributed by atoms with Crippen molar-refractivity contribution in [1.29, 1.82) is 0 Å². The normalized spacial score (nSPS) is 12.3. The Morgan fingerprint density at radius 2 is 1.47 bits per heavy atom. The number of benzene rings is 3. The molecule has 0 radical (unpaired) electrons. The van der Waals surface area contributed by atoms with Crippen LogP contribution in [0.5, 0.6) is 0 Å². The molecule has 0 fully saturated rings. The number of carbonyl (C=O) groups is 1. The van der Waals surface area contributed by atoms with Crippen LogP contribution >= 0.6 is 0 Å². The van der Waals surface area contributed by atoms with E-state index in [-0.39, 0.29) is 11.5 Å². The minimum Gasteiger partial charge on any atom is -0.478 e. The fraction of sp³-hybridized carbons (Fsp3) is 0.0741. The number of hydrogen-bond donors (Lipinski definition) is 2. The SMILES string of the molecule is O=C(O)c1cccc(-c2ccc(C(C/C(=N\O)c3ccncc3)c3ccccc3)cc2)c1. The van der Waals surface area contributed by atoms with Gasteiger partial charge in [-0.3, -0.25) is 4.98 Å². The van der Waals surface area contributed by atoms with Gasteiger partial charge >= 0.3 is 5.97 Å². The molecule has 1 heterocycles. The Balaban J connectivity index is 1.68. The van der Waals surface area contributed by atoms with Crippen LogP contribution in [0.15, 0.2) is 109 Å². The molecule has 3 aromatic carbocycles. The van der Waals surface area contributed by atoms with E-state index in [1.807, 2.05) is 60.7 Å². The molecule has 0 aliphatic heterocycles. The topological polar surface area (TPSA) is 82.8 Å². The molecule has 0 aliphatic rings.